The Balaban J connectivity index is 3.66. The van der Waals surface area contributed by atoms with Crippen molar-refractivity contribution < 1.29 is 14.3 Å². The predicted octanol–water partition coefficient (Wildman–Crippen LogP) is 2.13. The molecule has 0 radical (unpaired) electrons. The molecule has 1 N–H and O–H groups in total. The van der Waals surface area contributed by atoms with Crippen molar-refractivity contribution in [1.29, 1.82) is 0 Å². The van der Waals surface area contributed by atoms with Crippen molar-refractivity contribution in [1.82, 2.24) is 5.32 Å². The minimum absolute atomic E-state index is 0.0390. The van der Waals surface area contributed by atoms with E-state index < -0.39 is 0 Å². The van der Waals surface area contributed by atoms with Gasteiger partial charge >= 0.3 is 5.97 Å². The predicted molar refractivity (Wildman–Crippen MR) is 67.5 cm³/mol. The number of ether oxygens (including phenoxy) is 1. The maximum Gasteiger partial charge on any atom is 0.306 e. The summed E-state index contributed by atoms with van der Waals surface area (Å²) < 4.78 is 4.87. The Bertz CT molecular complexity index is 254. The molecule has 0 aromatic carbocycles. The van der Waals surface area contributed by atoms with Crippen LogP contribution in [0.2, 0.25) is 0 Å². The summed E-state index contributed by atoms with van der Waals surface area (Å²) >= 11 is 0. The van der Waals surface area contributed by atoms with Crippen LogP contribution in [0.1, 0.15) is 47.5 Å². The van der Waals surface area contributed by atoms with Gasteiger partial charge in [-0.3, -0.25) is 9.59 Å². The van der Waals surface area contributed by atoms with Crippen molar-refractivity contribution >= 4 is 11.9 Å². The molecule has 0 fully saturated rings. The van der Waals surface area contributed by atoms with E-state index in [4.69, 9.17) is 4.74 Å². The molecule has 0 atom stereocenters. The molecule has 0 heterocycles. The van der Waals surface area contributed by atoms with Crippen LogP contribution in [-0.2, 0) is 14.3 Å². The lowest BCUT2D eigenvalue weighted by Gasteiger charge is -2.18. The van der Waals surface area contributed by atoms with E-state index in [-0.39, 0.29) is 23.9 Å². The van der Waals surface area contributed by atoms with Crippen molar-refractivity contribution in [3.8, 4) is 0 Å². The Kier molecular flexibility index (Phi) is 6.85. The minimum atomic E-state index is -0.301. The number of nitrogens with one attached hydrogen (secondary N) is 1. The van der Waals surface area contributed by atoms with Gasteiger partial charge in [0.2, 0.25) is 0 Å². The second kappa shape index (κ2) is 7.30. The number of hydrogen-bond acceptors (Lipinski definition) is 3. The third-order valence-corrected chi connectivity index (χ3v) is 2.11. The maximum atomic E-state index is 11.3. The molecule has 0 spiro atoms. The normalized spacial score (nSPS) is 11.4. The van der Waals surface area contributed by atoms with E-state index in [1.54, 1.807) is 0 Å². The number of rotatable bonds is 6. The number of carbonyl (C=O) groups is 2. The molecule has 0 saturated carbocycles. The van der Waals surface area contributed by atoms with E-state index in [0.717, 1.165) is 6.42 Å². The summed E-state index contributed by atoms with van der Waals surface area (Å²) in [6, 6.07) is 0. The van der Waals surface area contributed by atoms with Gasteiger partial charge in [-0.25, -0.2) is 0 Å². The molecule has 0 bridgehead atoms. The summed E-state index contributed by atoms with van der Waals surface area (Å²) in [7, 11) is 0. The van der Waals surface area contributed by atoms with E-state index in [0.29, 0.717) is 18.9 Å². The first kappa shape index (κ1) is 15.9. The van der Waals surface area contributed by atoms with Crippen LogP contribution in [0.25, 0.3) is 0 Å². The zero-order chi connectivity index (χ0) is 13.5. The molecule has 17 heavy (non-hydrogen) atoms. The average molecular weight is 243 g/mol. The standard InChI is InChI=1S/C13H25NO3/c1-10(2)6-7-12(16)17-8-11(15)14-9-13(3,4)5/h10H,6-9H2,1-5H3,(H,14,15). The van der Waals surface area contributed by atoms with Crippen molar-refractivity contribution in [3.63, 3.8) is 0 Å². The van der Waals surface area contributed by atoms with E-state index in [1.807, 2.05) is 34.6 Å². The van der Waals surface area contributed by atoms with Crippen LogP contribution in [0.5, 0.6) is 0 Å². The highest BCUT2D eigenvalue weighted by Gasteiger charge is 2.13. The Morgan fingerprint density at radius 3 is 2.29 bits per heavy atom. The van der Waals surface area contributed by atoms with Crippen LogP contribution >= 0.6 is 0 Å². The molecule has 0 unspecified atom stereocenters. The summed E-state index contributed by atoms with van der Waals surface area (Å²) in [6.07, 6.45) is 1.17. The zero-order valence-electron chi connectivity index (χ0n) is 11.6. The molecule has 0 aliphatic heterocycles. The molecule has 0 aromatic rings. The van der Waals surface area contributed by atoms with Crippen LogP contribution in [0.4, 0.5) is 0 Å². The van der Waals surface area contributed by atoms with E-state index in [9.17, 15) is 9.59 Å². The highest BCUT2D eigenvalue weighted by atomic mass is 16.5. The van der Waals surface area contributed by atoms with Gasteiger partial charge in [0.15, 0.2) is 6.61 Å². The Morgan fingerprint density at radius 1 is 1.24 bits per heavy atom. The molecule has 100 valence electrons. The number of carbonyl (C=O) groups excluding carboxylic acids is 2. The first-order valence-electron chi connectivity index (χ1n) is 6.13. The number of amides is 1. The van der Waals surface area contributed by atoms with Crippen molar-refractivity contribution in [2.75, 3.05) is 13.2 Å². The van der Waals surface area contributed by atoms with Crippen LogP contribution in [0.3, 0.4) is 0 Å². The van der Waals surface area contributed by atoms with Crippen LogP contribution < -0.4 is 5.32 Å². The molecule has 0 aliphatic rings. The second-order valence-electron chi connectivity index (χ2n) is 5.93. The molecule has 0 aliphatic carbocycles. The van der Waals surface area contributed by atoms with Crippen LogP contribution in [-0.4, -0.2) is 25.0 Å². The summed E-state index contributed by atoms with van der Waals surface area (Å²) in [5.41, 5.74) is 0.0390. The fraction of sp³-hybridized carbons (Fsp3) is 0.846. The van der Waals surface area contributed by atoms with E-state index in [1.165, 1.54) is 0 Å². The zero-order valence-corrected chi connectivity index (χ0v) is 11.6. The first-order valence-corrected chi connectivity index (χ1v) is 6.13. The van der Waals surface area contributed by atoms with Gasteiger partial charge in [-0.2, -0.15) is 0 Å². The first-order chi connectivity index (χ1) is 7.70. The molecule has 4 heteroatoms. The van der Waals surface area contributed by atoms with Gasteiger partial charge < -0.3 is 10.1 Å². The lowest BCUT2D eigenvalue weighted by atomic mass is 9.97. The Hall–Kier alpha value is -1.06. The molecule has 0 rings (SSSR count). The average Bonchev–Trinajstić information content (AvgIpc) is 2.19. The smallest absolute Gasteiger partial charge is 0.306 e. The third-order valence-electron chi connectivity index (χ3n) is 2.11. The molecular weight excluding hydrogens is 218 g/mol. The van der Waals surface area contributed by atoms with Gasteiger partial charge in [-0.05, 0) is 17.8 Å². The summed E-state index contributed by atoms with van der Waals surface area (Å²) in [4.78, 5) is 22.6. The van der Waals surface area contributed by atoms with Crippen molar-refractivity contribution in [2.24, 2.45) is 11.3 Å². The number of hydrogen-bond donors (Lipinski definition) is 1. The monoisotopic (exact) mass is 243 g/mol. The Labute approximate surface area is 104 Å². The highest BCUT2D eigenvalue weighted by molar-refractivity contribution is 5.80. The quantitative estimate of drug-likeness (QED) is 0.727. The largest absolute Gasteiger partial charge is 0.456 e. The summed E-state index contributed by atoms with van der Waals surface area (Å²) in [6.45, 7) is 10.6. The van der Waals surface area contributed by atoms with Gasteiger partial charge in [0, 0.05) is 13.0 Å². The number of esters is 1. The van der Waals surface area contributed by atoms with Crippen LogP contribution in [0, 0.1) is 11.3 Å². The molecular formula is C13H25NO3. The Morgan fingerprint density at radius 2 is 1.82 bits per heavy atom. The van der Waals surface area contributed by atoms with Gasteiger partial charge in [0.25, 0.3) is 5.91 Å². The van der Waals surface area contributed by atoms with Crippen LogP contribution in [0.15, 0.2) is 0 Å². The molecule has 1 amide bonds. The lowest BCUT2D eigenvalue weighted by Crippen LogP contribution is -2.35. The summed E-state index contributed by atoms with van der Waals surface area (Å²) in [5, 5.41) is 2.73. The lowest BCUT2D eigenvalue weighted by molar-refractivity contribution is -0.148. The van der Waals surface area contributed by atoms with E-state index >= 15 is 0 Å². The maximum absolute atomic E-state index is 11.3. The van der Waals surface area contributed by atoms with Gasteiger partial charge in [0.1, 0.15) is 0 Å². The minimum Gasteiger partial charge on any atom is -0.456 e. The fourth-order valence-corrected chi connectivity index (χ4v) is 1.04. The molecule has 0 aromatic heterocycles. The van der Waals surface area contributed by atoms with E-state index in [2.05, 4.69) is 5.32 Å². The third kappa shape index (κ3) is 11.2. The SMILES string of the molecule is CC(C)CCC(=O)OCC(=O)NCC(C)(C)C. The second-order valence-corrected chi connectivity index (χ2v) is 5.93. The molecule has 0 saturated heterocycles. The highest BCUT2D eigenvalue weighted by Crippen LogP contribution is 2.10. The topological polar surface area (TPSA) is 55.4 Å². The van der Waals surface area contributed by atoms with Crippen molar-refractivity contribution in [3.05, 3.63) is 0 Å². The fourth-order valence-electron chi connectivity index (χ4n) is 1.04. The van der Waals surface area contributed by atoms with Crippen molar-refractivity contribution in [2.45, 2.75) is 47.5 Å². The molecule has 4 nitrogen and oxygen atoms in total. The van der Waals surface area contributed by atoms with Gasteiger partial charge in [0.05, 0.1) is 0 Å². The summed E-state index contributed by atoms with van der Waals surface area (Å²) in [5.74, 6) is -0.0697. The van der Waals surface area contributed by atoms with Gasteiger partial charge in [-0.1, -0.05) is 34.6 Å². The van der Waals surface area contributed by atoms with Gasteiger partial charge in [-0.15, -0.1) is 0 Å².